The van der Waals surface area contributed by atoms with Crippen molar-refractivity contribution in [3.05, 3.63) is 35.5 Å². The fourth-order valence-electron chi connectivity index (χ4n) is 7.34. The Hall–Kier alpha value is -0.940. The second kappa shape index (κ2) is 10.1. The molecule has 3 saturated carbocycles. The molecule has 0 spiro atoms. The summed E-state index contributed by atoms with van der Waals surface area (Å²) in [5, 5.41) is 20.3. The van der Waals surface area contributed by atoms with Crippen LogP contribution in [0.2, 0.25) is 0 Å². The van der Waals surface area contributed by atoms with Crippen LogP contribution in [0.3, 0.4) is 0 Å². The topological polar surface area (TPSA) is 52.9 Å². The van der Waals surface area contributed by atoms with Crippen molar-refractivity contribution in [2.45, 2.75) is 90.4 Å². The summed E-state index contributed by atoms with van der Waals surface area (Å²) < 4.78 is 5.62. The smallest absolute Gasteiger partial charge is 0.0811 e. The van der Waals surface area contributed by atoms with Crippen LogP contribution in [0, 0.1) is 23.2 Å². The molecule has 3 aliphatic carbocycles. The van der Waals surface area contributed by atoms with Crippen molar-refractivity contribution < 1.29 is 14.9 Å². The number of nitrogens with zero attached hydrogens (tertiary/aromatic N) is 1. The minimum absolute atomic E-state index is 0.404. The van der Waals surface area contributed by atoms with Crippen molar-refractivity contribution in [3.8, 4) is 0 Å². The maximum Gasteiger partial charge on any atom is 0.0811 e. The van der Waals surface area contributed by atoms with E-state index in [4.69, 9.17) is 4.74 Å². The van der Waals surface area contributed by atoms with E-state index in [1.807, 2.05) is 0 Å². The molecule has 0 bridgehead atoms. The summed E-state index contributed by atoms with van der Waals surface area (Å²) in [5.41, 5.74) is 3.81. The van der Waals surface area contributed by atoms with E-state index in [0.29, 0.717) is 30.2 Å². The average molecular weight is 444 g/mol. The second-order valence-corrected chi connectivity index (χ2v) is 11.4. The standard InChI is InChI=1S/C28H45NO3/c1-19(11-13-29-14-15-32-18-20(29)2)25-9-10-26-22(6-5-12-28(25,26)4)7-8-23-16-24(30)17-27(31)21(23)3/h7-8,19-20,24-27,30-31H,3,5-6,9-18H2,1-2,4H3/b22-7+,23-8+/t19-,20+,24?,25-,26+,27?,28-/m1/s1. The van der Waals surface area contributed by atoms with Gasteiger partial charge in [-0.1, -0.05) is 38.2 Å². The van der Waals surface area contributed by atoms with Crippen molar-refractivity contribution in [1.29, 1.82) is 0 Å². The summed E-state index contributed by atoms with van der Waals surface area (Å²) in [4.78, 5) is 2.62. The Morgan fingerprint density at radius 1 is 1.28 bits per heavy atom. The van der Waals surface area contributed by atoms with Crippen LogP contribution in [0.1, 0.15) is 72.1 Å². The largest absolute Gasteiger partial charge is 0.393 e. The number of hydrogen-bond donors (Lipinski definition) is 2. The van der Waals surface area contributed by atoms with Crippen LogP contribution in [-0.2, 0) is 4.74 Å². The van der Waals surface area contributed by atoms with Crippen molar-refractivity contribution in [1.82, 2.24) is 4.90 Å². The zero-order valence-corrected chi connectivity index (χ0v) is 20.6. The highest BCUT2D eigenvalue weighted by atomic mass is 16.5. The van der Waals surface area contributed by atoms with Crippen LogP contribution in [0.4, 0.5) is 0 Å². The Morgan fingerprint density at radius 3 is 2.88 bits per heavy atom. The molecule has 0 aromatic heterocycles. The van der Waals surface area contributed by atoms with Gasteiger partial charge in [0.25, 0.3) is 0 Å². The molecule has 180 valence electrons. The van der Waals surface area contributed by atoms with Crippen molar-refractivity contribution in [2.75, 3.05) is 26.3 Å². The maximum atomic E-state index is 10.2. The summed E-state index contributed by atoms with van der Waals surface area (Å²) in [5.74, 6) is 2.23. The molecule has 2 unspecified atom stereocenters. The molecular weight excluding hydrogens is 398 g/mol. The van der Waals surface area contributed by atoms with E-state index >= 15 is 0 Å². The first-order valence-electron chi connectivity index (χ1n) is 13.1. The third-order valence-corrected chi connectivity index (χ3v) is 9.37. The van der Waals surface area contributed by atoms with Gasteiger partial charge < -0.3 is 14.9 Å². The highest BCUT2D eigenvalue weighted by Gasteiger charge is 2.50. The minimum atomic E-state index is -0.606. The molecule has 4 rings (SSSR count). The van der Waals surface area contributed by atoms with Crippen LogP contribution in [0.5, 0.6) is 0 Å². The summed E-state index contributed by atoms with van der Waals surface area (Å²) >= 11 is 0. The summed E-state index contributed by atoms with van der Waals surface area (Å²) in [6, 6.07) is 0.548. The highest BCUT2D eigenvalue weighted by Crippen LogP contribution is 2.59. The van der Waals surface area contributed by atoms with E-state index in [1.165, 1.54) is 45.1 Å². The number of ether oxygens (including phenoxy) is 1. The number of rotatable bonds is 5. The fourth-order valence-corrected chi connectivity index (χ4v) is 7.34. The van der Waals surface area contributed by atoms with Gasteiger partial charge in [0.05, 0.1) is 25.4 Å². The Morgan fingerprint density at radius 2 is 2.09 bits per heavy atom. The number of aliphatic hydroxyl groups is 2. The van der Waals surface area contributed by atoms with Gasteiger partial charge in [0.2, 0.25) is 0 Å². The van der Waals surface area contributed by atoms with E-state index in [9.17, 15) is 10.2 Å². The molecule has 1 saturated heterocycles. The third-order valence-electron chi connectivity index (χ3n) is 9.37. The van der Waals surface area contributed by atoms with Gasteiger partial charge in [-0.15, -0.1) is 0 Å². The van der Waals surface area contributed by atoms with E-state index in [2.05, 4.69) is 44.4 Å². The normalized spacial score (nSPS) is 42.4. The Balaban J connectivity index is 1.43. The van der Waals surface area contributed by atoms with Crippen LogP contribution < -0.4 is 0 Å². The van der Waals surface area contributed by atoms with E-state index in [0.717, 1.165) is 42.7 Å². The molecule has 0 aromatic rings. The SMILES string of the molecule is C=C1/C(=C/C=C2\CCC[C@]3(C)[C@@H]([C@H](C)CCN4CCOC[C@@H]4C)CC[C@@H]23)CC(O)CC1O. The van der Waals surface area contributed by atoms with E-state index < -0.39 is 12.2 Å². The van der Waals surface area contributed by atoms with Gasteiger partial charge in [-0.3, -0.25) is 4.90 Å². The molecular formula is C28H45NO3. The summed E-state index contributed by atoms with van der Waals surface area (Å²) in [7, 11) is 0. The van der Waals surface area contributed by atoms with Crippen LogP contribution in [0.15, 0.2) is 35.5 Å². The first-order valence-corrected chi connectivity index (χ1v) is 13.1. The first-order chi connectivity index (χ1) is 15.3. The lowest BCUT2D eigenvalue weighted by molar-refractivity contribution is -0.00570. The number of aliphatic hydroxyl groups excluding tert-OH is 2. The lowest BCUT2D eigenvalue weighted by Gasteiger charge is -2.45. The summed E-state index contributed by atoms with van der Waals surface area (Å²) in [6.07, 6.45) is 12.2. The van der Waals surface area contributed by atoms with Gasteiger partial charge in [-0.25, -0.2) is 0 Å². The van der Waals surface area contributed by atoms with Crippen molar-refractivity contribution >= 4 is 0 Å². The quantitative estimate of drug-likeness (QED) is 0.636. The van der Waals surface area contributed by atoms with Gasteiger partial charge in [-0.2, -0.15) is 0 Å². The van der Waals surface area contributed by atoms with Crippen LogP contribution in [0.25, 0.3) is 0 Å². The first kappa shape index (κ1) is 24.2. The van der Waals surface area contributed by atoms with Gasteiger partial charge >= 0.3 is 0 Å². The summed E-state index contributed by atoms with van der Waals surface area (Å²) in [6.45, 7) is 15.5. The van der Waals surface area contributed by atoms with Crippen molar-refractivity contribution in [2.24, 2.45) is 23.2 Å². The average Bonchev–Trinajstić information content (AvgIpc) is 3.12. The molecule has 0 aromatic carbocycles. The fraction of sp³-hybridized carbons (Fsp3) is 0.786. The Kier molecular flexibility index (Phi) is 7.66. The molecule has 4 nitrogen and oxygen atoms in total. The number of morpholine rings is 1. The lowest BCUT2D eigenvalue weighted by atomic mass is 9.61. The van der Waals surface area contributed by atoms with Gasteiger partial charge in [0, 0.05) is 19.0 Å². The molecule has 1 aliphatic heterocycles. The molecule has 4 aliphatic rings. The zero-order valence-electron chi connectivity index (χ0n) is 20.6. The lowest BCUT2D eigenvalue weighted by Crippen LogP contribution is -2.45. The van der Waals surface area contributed by atoms with E-state index in [-0.39, 0.29) is 0 Å². The van der Waals surface area contributed by atoms with Crippen LogP contribution >= 0.6 is 0 Å². The second-order valence-electron chi connectivity index (χ2n) is 11.4. The van der Waals surface area contributed by atoms with Gasteiger partial charge in [-0.05, 0) is 92.7 Å². The minimum Gasteiger partial charge on any atom is -0.393 e. The molecule has 0 amide bonds. The molecule has 7 atom stereocenters. The highest BCUT2D eigenvalue weighted by molar-refractivity contribution is 5.38. The van der Waals surface area contributed by atoms with Crippen LogP contribution in [-0.4, -0.2) is 59.7 Å². The van der Waals surface area contributed by atoms with E-state index in [1.54, 1.807) is 5.57 Å². The Bertz CT molecular complexity index is 743. The molecule has 4 heteroatoms. The molecule has 4 fully saturated rings. The molecule has 2 N–H and O–H groups in total. The predicted octanol–water partition coefficient (Wildman–Crippen LogP) is 4.87. The van der Waals surface area contributed by atoms with Gasteiger partial charge in [0.1, 0.15) is 0 Å². The predicted molar refractivity (Wildman–Crippen MR) is 130 cm³/mol. The molecule has 1 heterocycles. The molecule has 0 radical (unpaired) electrons. The van der Waals surface area contributed by atoms with Gasteiger partial charge in [0.15, 0.2) is 0 Å². The number of hydrogen-bond acceptors (Lipinski definition) is 4. The number of fused-ring (bicyclic) bond motifs is 1. The Labute approximate surface area is 195 Å². The number of allylic oxidation sites excluding steroid dienone is 3. The molecule has 32 heavy (non-hydrogen) atoms. The third kappa shape index (κ3) is 4.94. The zero-order chi connectivity index (χ0) is 22.9. The monoisotopic (exact) mass is 443 g/mol. The maximum absolute atomic E-state index is 10.2. The van der Waals surface area contributed by atoms with Crippen molar-refractivity contribution in [3.63, 3.8) is 0 Å².